The summed E-state index contributed by atoms with van der Waals surface area (Å²) < 4.78 is 55.2. The van der Waals surface area contributed by atoms with Crippen molar-refractivity contribution < 1.29 is 56.5 Å². The average molecular weight is 1920 g/mol. The predicted molar refractivity (Wildman–Crippen MR) is 534 cm³/mol. The van der Waals surface area contributed by atoms with Crippen molar-refractivity contribution in [2.45, 2.75) is 411 Å². The van der Waals surface area contributed by atoms with Gasteiger partial charge in [0.15, 0.2) is 6.36 Å². The Labute approximate surface area is 816 Å². The van der Waals surface area contributed by atoms with E-state index < -0.39 is 48.1 Å². The minimum atomic E-state index is -2.80. The summed E-state index contributed by atoms with van der Waals surface area (Å²) in [6.45, 7) is 28.4. The zero-order valence-corrected chi connectivity index (χ0v) is 85.0. The molecule has 0 radical (unpaired) electrons. The van der Waals surface area contributed by atoms with Gasteiger partial charge in [0.25, 0.3) is 29.6 Å². The van der Waals surface area contributed by atoms with Crippen LogP contribution >= 0.6 is 0 Å². The average Bonchev–Trinajstić information content (AvgIpc) is 1.69. The number of hydrogen-bond acceptors (Lipinski definition) is 26. The molecule has 138 heavy (non-hydrogen) atoms. The van der Waals surface area contributed by atoms with Gasteiger partial charge in [0.1, 0.15) is 12.4 Å². The molecule has 0 aromatic carbocycles. The molecule has 2 bridgehead atoms. The number of rotatable bonds is 38. The van der Waals surface area contributed by atoms with Gasteiger partial charge in [-0.3, -0.25) is 24.0 Å². The summed E-state index contributed by atoms with van der Waals surface area (Å²) in [6, 6.07) is 0.984. The van der Waals surface area contributed by atoms with E-state index in [1.807, 2.05) is 14.1 Å². The van der Waals surface area contributed by atoms with Gasteiger partial charge in [-0.05, 0) is 304 Å². The lowest BCUT2D eigenvalue weighted by Crippen LogP contribution is -2.54. The van der Waals surface area contributed by atoms with E-state index in [0.29, 0.717) is 125 Å². The highest BCUT2D eigenvalue weighted by Crippen LogP contribution is 2.52. The van der Waals surface area contributed by atoms with Gasteiger partial charge in [0, 0.05) is 105 Å². The molecule has 764 valence electrons. The number of primary amides is 4. The molecule has 12 aliphatic carbocycles. The summed E-state index contributed by atoms with van der Waals surface area (Å²) in [5, 5.41) is 31.2. The lowest BCUT2D eigenvalue weighted by Gasteiger charge is -2.51. The monoisotopic (exact) mass is 1920 g/mol. The minimum Gasteiger partial charge on any atom is -0.399 e. The van der Waals surface area contributed by atoms with Crippen LogP contribution in [-0.4, -0.2) is 188 Å². The second-order valence-corrected chi connectivity index (χ2v) is 45.1. The molecular weight excluding hydrogens is 1760 g/mol. The highest BCUT2D eigenvalue weighted by molar-refractivity contribution is 5.95. The molecule has 5 aromatic rings. The molecule has 12 aliphatic rings. The van der Waals surface area contributed by atoms with E-state index in [4.69, 9.17) is 52.8 Å². The molecule has 17 rings (SSSR count). The number of halogens is 3. The molecule has 34 heteroatoms. The first-order chi connectivity index (χ1) is 65.2. The van der Waals surface area contributed by atoms with Gasteiger partial charge >= 0.3 is 0 Å². The molecule has 0 spiro atoms. The zero-order valence-electron chi connectivity index (χ0n) is 85.0. The standard InChI is InChI=1S/C22H36N4O2.C21H32F2N4O2.C21H33N5O2.C20H31FN4O2.C20H31N5O/c1-3-22(12-6-5-7-13-22)14-19-18(20(23)27)15-24-21(26-19)25-16-8-10-17(11-9-16)28-4-2;1-20(2,13-4-5-13)10-17-16(18(24)28)11-25-19(27-17)26-14-6-8-15(9-7-14)29-12-21(3,22)23;1-21(2,14-7-8-14)11-17-16(18(22)27)12-23-20(25-17)24-15-9-5-13(6-10-15)19(28)26(3)4;1-12(21)27-15-8-6-14(7-9-15)24-19-23-11-16(18(22)26)17(25-19)10-20(2,3)13-4-5-13;1-13(21)15-12-22-17(23-16(15)24-18(2,3)14-4-5-14)25-19-6-9-20(26,10-7-19)11-8-19/h15-17H,3-14H2,1-2H3,(H2,23,27)(H,24,25,26);11,13-15H,4-10,12H2,1-3H3,(H2,24,28)(H,25,26,27);12-15H,5-11H2,1-4H3,(H2,22,27)(H,23,24,25);11-15H,4-10H2,1-3H3,(H2,22,26)(H,23,24,25);12,14,26H,1,4-11,21H2,2-3H3,(H2,22,23,24,25). The van der Waals surface area contributed by atoms with Crippen molar-refractivity contribution in [2.24, 2.45) is 79.9 Å². The molecule has 5 aromatic heterocycles. The molecule has 1 atom stereocenters. The number of nitrogens with two attached hydrogens (primary N) is 5. The second kappa shape index (κ2) is 46.6. The molecule has 31 nitrogen and oxygen atoms in total. The maximum Gasteiger partial charge on any atom is 0.268 e. The first kappa shape index (κ1) is 108. The van der Waals surface area contributed by atoms with E-state index in [0.717, 1.165) is 190 Å². The van der Waals surface area contributed by atoms with E-state index in [1.165, 1.54) is 103 Å². The lowest BCUT2D eigenvalue weighted by atomic mass is 9.63. The molecule has 5 amide bonds. The van der Waals surface area contributed by atoms with Crippen molar-refractivity contribution in [1.29, 1.82) is 0 Å². The third-order valence-corrected chi connectivity index (χ3v) is 31.6. The Balaban J connectivity index is 0.000000155. The van der Waals surface area contributed by atoms with Crippen LogP contribution in [0.2, 0.25) is 0 Å². The topological polar surface area (TPSA) is 468 Å². The number of hydrogen-bond donors (Lipinski definition) is 12. The maximum absolute atomic E-state index is 13.0. The van der Waals surface area contributed by atoms with Gasteiger partial charge in [-0.15, -0.1) is 0 Å². The van der Waals surface area contributed by atoms with Gasteiger partial charge in [-0.25, -0.2) is 58.0 Å². The number of alkyl halides is 3. The van der Waals surface area contributed by atoms with Gasteiger partial charge in [-0.2, -0.15) is 4.98 Å². The number of ether oxygens (including phenoxy) is 3. The van der Waals surface area contributed by atoms with Gasteiger partial charge < -0.3 is 84.8 Å². The van der Waals surface area contributed by atoms with Crippen LogP contribution < -0.4 is 60.6 Å². The lowest BCUT2D eigenvalue weighted by molar-refractivity contribution is -0.134. The molecular formula is C104H163F3N22O9. The van der Waals surface area contributed by atoms with Crippen LogP contribution in [0.5, 0.6) is 0 Å². The normalized spacial score (nSPS) is 25.0. The van der Waals surface area contributed by atoms with Crippen LogP contribution in [0.4, 0.5) is 48.7 Å². The number of amides is 5. The number of carbonyl (C=O) groups excluding carboxylic acids is 5. The Kier molecular flexibility index (Phi) is 36.3. The van der Waals surface area contributed by atoms with Crippen molar-refractivity contribution in [2.75, 3.05) is 59.2 Å². The maximum atomic E-state index is 13.0. The quantitative estimate of drug-likeness (QED) is 0.0175. The van der Waals surface area contributed by atoms with Crippen LogP contribution in [-0.2, 0) is 44.7 Å². The second-order valence-electron chi connectivity index (χ2n) is 45.1. The van der Waals surface area contributed by atoms with E-state index in [2.05, 4.69) is 148 Å². The molecule has 12 fully saturated rings. The smallest absolute Gasteiger partial charge is 0.268 e. The molecule has 12 saturated carbocycles. The number of carbonyl (C=O) groups is 5. The van der Waals surface area contributed by atoms with Crippen LogP contribution in [0.1, 0.15) is 384 Å². The van der Waals surface area contributed by atoms with Crippen LogP contribution in [0.3, 0.4) is 0 Å². The summed E-state index contributed by atoms with van der Waals surface area (Å²) in [6.07, 6.45) is 46.8. The zero-order chi connectivity index (χ0) is 99.9. The number of aliphatic hydroxyl groups is 1. The van der Waals surface area contributed by atoms with Gasteiger partial charge in [0.05, 0.1) is 74.5 Å². The van der Waals surface area contributed by atoms with Crippen molar-refractivity contribution >= 4 is 70.8 Å². The van der Waals surface area contributed by atoms with Crippen molar-refractivity contribution in [3.8, 4) is 0 Å². The van der Waals surface area contributed by atoms with Crippen molar-refractivity contribution in [1.82, 2.24) is 54.7 Å². The van der Waals surface area contributed by atoms with E-state index >= 15 is 0 Å². The Morgan fingerprint density at radius 3 is 1.15 bits per heavy atom. The first-order valence-electron chi connectivity index (χ1n) is 51.6. The van der Waals surface area contributed by atoms with E-state index in [9.17, 15) is 42.3 Å². The van der Waals surface area contributed by atoms with Crippen molar-refractivity contribution in [3.63, 3.8) is 0 Å². The number of nitrogens with one attached hydrogen (secondary N) is 6. The summed E-state index contributed by atoms with van der Waals surface area (Å²) in [7, 11) is 3.62. The van der Waals surface area contributed by atoms with Gasteiger partial charge in [0.2, 0.25) is 35.6 Å². The van der Waals surface area contributed by atoms with Crippen LogP contribution in [0, 0.1) is 51.2 Å². The minimum absolute atomic E-state index is 0.00893. The molecule has 17 N–H and O–H groups in total. The van der Waals surface area contributed by atoms with E-state index in [1.54, 1.807) is 23.5 Å². The summed E-state index contributed by atoms with van der Waals surface area (Å²) in [4.78, 5) is 107. The van der Waals surface area contributed by atoms with Gasteiger partial charge in [-0.1, -0.05) is 80.7 Å². The molecule has 0 saturated heterocycles. The summed E-state index contributed by atoms with van der Waals surface area (Å²) in [5.74, 6) is 1.90. The number of nitrogens with zero attached hydrogens (tertiary/aromatic N) is 11. The largest absolute Gasteiger partial charge is 0.399 e. The summed E-state index contributed by atoms with van der Waals surface area (Å²) in [5.41, 5.74) is 34.1. The highest BCUT2D eigenvalue weighted by Gasteiger charge is 2.49. The van der Waals surface area contributed by atoms with Crippen LogP contribution in [0.15, 0.2) is 37.6 Å². The first-order valence-corrected chi connectivity index (χ1v) is 51.6. The Morgan fingerprint density at radius 1 is 0.464 bits per heavy atom. The third kappa shape index (κ3) is 31.4. The number of anilines is 6. The third-order valence-electron chi connectivity index (χ3n) is 31.6. The fraction of sp³-hybridized carbons (Fsp3) is 0.740. The highest BCUT2D eigenvalue weighted by atomic mass is 19.3. The Morgan fingerprint density at radius 2 is 0.812 bits per heavy atom. The predicted octanol–water partition coefficient (Wildman–Crippen LogP) is 17.7. The Hall–Kier alpha value is -9.28. The van der Waals surface area contributed by atoms with Crippen LogP contribution in [0.25, 0.3) is 5.70 Å². The molecule has 1 unspecified atom stereocenters. The number of fused-ring (bicyclic) bond motifs is 3. The molecule has 0 aliphatic heterocycles. The fourth-order valence-corrected chi connectivity index (χ4v) is 22.0. The Bertz CT molecular complexity index is 4880. The SMILES string of the molecule is C=C(N)c1cnc(NC23CCC(O)(CC2)CC3)nc1NC(C)(C)C1CC1.CC(F)(F)COC1CCC(Nc2ncc(C(N)=O)c(CC(C)(C)C3CC3)n2)CC1.CC(F)OC1CCC(Nc2ncc(C(N)=O)c(CC(C)(C)C3CC3)n2)CC1.CCOC1CCC(Nc2ncc(C(N)=O)c(CC3(CC)CCCCC3)n2)CC1.CN(C)C(=O)C1CCC(Nc2ncc(C(N)=O)c(CC(C)(C)C3CC3)n2)CC1. The summed E-state index contributed by atoms with van der Waals surface area (Å²) >= 11 is 0. The fourth-order valence-electron chi connectivity index (χ4n) is 22.0. The van der Waals surface area contributed by atoms with E-state index in [-0.39, 0.29) is 74.9 Å². The molecule has 5 heterocycles. The number of aromatic nitrogens is 10. The van der Waals surface area contributed by atoms with Crippen molar-refractivity contribution in [3.05, 3.63) is 88.2 Å².